The maximum Gasteiger partial charge on any atom is 0.410 e. The Kier molecular flexibility index (Phi) is 5.12. The van der Waals surface area contributed by atoms with Gasteiger partial charge < -0.3 is 4.74 Å². The fraction of sp³-hybridized carbons (Fsp3) is 0.867. The van der Waals surface area contributed by atoms with Gasteiger partial charge in [0.2, 0.25) is 0 Å². The standard InChI is InChI=1S/C15H26ClNO3/c1-14(2,3)10-7-11(12(18)8-16)17(9-10)13(19)20-15(4,5)6/h10-11H,7-9H2,1-6H3. The molecule has 0 saturated carbocycles. The van der Waals surface area contributed by atoms with E-state index in [2.05, 4.69) is 20.8 Å². The van der Waals surface area contributed by atoms with Gasteiger partial charge in [-0.25, -0.2) is 4.79 Å². The number of hydrogen-bond acceptors (Lipinski definition) is 3. The molecule has 5 heteroatoms. The largest absolute Gasteiger partial charge is 0.444 e. The van der Waals surface area contributed by atoms with E-state index in [4.69, 9.17) is 16.3 Å². The lowest BCUT2D eigenvalue weighted by atomic mass is 9.79. The molecule has 0 aromatic heterocycles. The first-order valence-corrected chi connectivity index (χ1v) is 7.57. The summed E-state index contributed by atoms with van der Waals surface area (Å²) in [4.78, 5) is 25.8. The van der Waals surface area contributed by atoms with Crippen molar-refractivity contribution in [3.05, 3.63) is 0 Å². The van der Waals surface area contributed by atoms with E-state index in [9.17, 15) is 9.59 Å². The molecule has 1 aliphatic rings. The van der Waals surface area contributed by atoms with Crippen molar-refractivity contribution in [3.63, 3.8) is 0 Å². The first-order chi connectivity index (χ1) is 8.95. The number of carbonyl (C=O) groups is 2. The van der Waals surface area contributed by atoms with E-state index in [1.807, 2.05) is 20.8 Å². The highest BCUT2D eigenvalue weighted by molar-refractivity contribution is 6.28. The molecule has 1 fully saturated rings. The first kappa shape index (κ1) is 17.3. The highest BCUT2D eigenvalue weighted by Gasteiger charge is 2.44. The Hall–Kier alpha value is -0.770. The second-order valence-corrected chi connectivity index (χ2v) is 7.81. The number of ketones is 1. The minimum absolute atomic E-state index is 0.0433. The zero-order valence-corrected chi connectivity index (χ0v) is 14.1. The zero-order valence-electron chi connectivity index (χ0n) is 13.3. The molecule has 0 aromatic carbocycles. The van der Waals surface area contributed by atoms with Gasteiger partial charge >= 0.3 is 6.09 Å². The molecule has 116 valence electrons. The number of likely N-dealkylation sites (tertiary alicyclic amines) is 1. The third-order valence-electron chi connectivity index (χ3n) is 3.66. The van der Waals surface area contributed by atoms with Crippen molar-refractivity contribution in [2.24, 2.45) is 11.3 Å². The molecule has 1 heterocycles. The first-order valence-electron chi connectivity index (χ1n) is 7.04. The van der Waals surface area contributed by atoms with Crippen molar-refractivity contribution in [3.8, 4) is 0 Å². The summed E-state index contributed by atoms with van der Waals surface area (Å²) in [6, 6.07) is -0.452. The fourth-order valence-electron chi connectivity index (χ4n) is 2.38. The van der Waals surface area contributed by atoms with Crippen LogP contribution in [0.4, 0.5) is 4.79 Å². The van der Waals surface area contributed by atoms with Gasteiger partial charge in [0.25, 0.3) is 0 Å². The summed E-state index contributed by atoms with van der Waals surface area (Å²) in [6.45, 7) is 12.4. The van der Waals surface area contributed by atoms with Crippen LogP contribution < -0.4 is 0 Å². The molecule has 2 atom stereocenters. The van der Waals surface area contributed by atoms with Crippen LogP contribution >= 0.6 is 11.6 Å². The smallest absolute Gasteiger partial charge is 0.410 e. The molecular weight excluding hydrogens is 278 g/mol. The molecule has 0 aromatic rings. The number of amides is 1. The Morgan fingerprint density at radius 2 is 1.75 bits per heavy atom. The number of carbonyl (C=O) groups excluding carboxylic acids is 2. The minimum Gasteiger partial charge on any atom is -0.444 e. The summed E-state index contributed by atoms with van der Waals surface area (Å²) in [6.07, 6.45) is 0.238. The second kappa shape index (κ2) is 5.92. The number of Topliss-reactive ketones (excluding diaryl/α,β-unsaturated/α-hetero) is 1. The summed E-state index contributed by atoms with van der Waals surface area (Å²) in [7, 11) is 0. The lowest BCUT2D eigenvalue weighted by molar-refractivity contribution is -0.120. The van der Waals surface area contributed by atoms with E-state index in [-0.39, 0.29) is 23.0 Å². The number of hydrogen-bond donors (Lipinski definition) is 0. The SMILES string of the molecule is CC(C)(C)OC(=O)N1CC(C(C)(C)C)CC1C(=O)CCl. The predicted molar refractivity (Wildman–Crippen MR) is 80.0 cm³/mol. The Bertz CT molecular complexity index is 382. The van der Waals surface area contributed by atoms with Crippen LogP contribution in [0.3, 0.4) is 0 Å². The van der Waals surface area contributed by atoms with Gasteiger partial charge in [0.05, 0.1) is 11.9 Å². The molecule has 20 heavy (non-hydrogen) atoms. The molecule has 0 bridgehead atoms. The molecule has 4 nitrogen and oxygen atoms in total. The van der Waals surface area contributed by atoms with Crippen LogP contribution in [0.5, 0.6) is 0 Å². The quantitative estimate of drug-likeness (QED) is 0.734. The number of alkyl halides is 1. The summed E-state index contributed by atoms with van der Waals surface area (Å²) >= 11 is 5.67. The second-order valence-electron chi connectivity index (χ2n) is 7.55. The molecule has 0 aliphatic carbocycles. The molecule has 0 radical (unpaired) electrons. The van der Waals surface area contributed by atoms with Crippen molar-refractivity contribution in [1.82, 2.24) is 4.90 Å². The summed E-state index contributed by atoms with van der Waals surface area (Å²) in [5, 5.41) is 0. The minimum atomic E-state index is -0.564. The van der Waals surface area contributed by atoms with Gasteiger partial charge in [-0.15, -0.1) is 11.6 Å². The van der Waals surface area contributed by atoms with Crippen molar-refractivity contribution in [1.29, 1.82) is 0 Å². The van der Waals surface area contributed by atoms with Crippen molar-refractivity contribution in [2.45, 2.75) is 59.6 Å². The van der Waals surface area contributed by atoms with E-state index >= 15 is 0 Å². The average molecular weight is 304 g/mol. The van der Waals surface area contributed by atoms with Crippen molar-refractivity contribution < 1.29 is 14.3 Å². The highest BCUT2D eigenvalue weighted by atomic mass is 35.5. The number of ether oxygens (including phenoxy) is 1. The van der Waals surface area contributed by atoms with Gasteiger partial charge in [0, 0.05) is 6.54 Å². The van der Waals surface area contributed by atoms with E-state index in [0.29, 0.717) is 13.0 Å². The van der Waals surface area contributed by atoms with Crippen molar-refractivity contribution in [2.75, 3.05) is 12.4 Å². The predicted octanol–water partition coefficient (Wildman–Crippen LogP) is 3.47. The summed E-state index contributed by atoms with van der Waals surface area (Å²) in [5.41, 5.74) is -0.521. The molecule has 1 aliphatic heterocycles. The monoisotopic (exact) mass is 303 g/mol. The Balaban J connectivity index is 2.90. The van der Waals surface area contributed by atoms with Crippen LogP contribution in [0.1, 0.15) is 48.0 Å². The van der Waals surface area contributed by atoms with Crippen LogP contribution in [0.2, 0.25) is 0 Å². The van der Waals surface area contributed by atoms with E-state index in [1.165, 1.54) is 0 Å². The lowest BCUT2D eigenvalue weighted by Gasteiger charge is -2.29. The Morgan fingerprint density at radius 3 is 2.15 bits per heavy atom. The van der Waals surface area contributed by atoms with E-state index in [1.54, 1.807) is 4.90 Å². The van der Waals surface area contributed by atoms with Gasteiger partial charge in [-0.05, 0) is 38.5 Å². The van der Waals surface area contributed by atoms with Gasteiger partial charge in [0.1, 0.15) is 5.60 Å². The summed E-state index contributed by atoms with van der Waals surface area (Å²) in [5.74, 6) is 0.0948. The number of halogens is 1. The number of rotatable bonds is 2. The Morgan fingerprint density at radius 1 is 1.20 bits per heavy atom. The van der Waals surface area contributed by atoms with Crippen LogP contribution in [-0.4, -0.2) is 40.8 Å². The topological polar surface area (TPSA) is 46.6 Å². The molecule has 1 amide bonds. The Labute approximate surface area is 126 Å². The van der Waals surface area contributed by atoms with Crippen LogP contribution in [0, 0.1) is 11.3 Å². The molecule has 2 unspecified atom stereocenters. The van der Waals surface area contributed by atoms with Crippen molar-refractivity contribution >= 4 is 23.5 Å². The maximum atomic E-state index is 12.3. The fourth-order valence-corrected chi connectivity index (χ4v) is 2.56. The molecule has 0 spiro atoms. The molecule has 1 rings (SSSR count). The highest BCUT2D eigenvalue weighted by Crippen LogP contribution is 2.37. The number of nitrogens with zero attached hydrogens (tertiary/aromatic N) is 1. The zero-order chi connectivity index (χ0) is 15.7. The third-order valence-corrected chi connectivity index (χ3v) is 3.92. The van der Waals surface area contributed by atoms with Gasteiger partial charge in [-0.2, -0.15) is 0 Å². The average Bonchev–Trinajstić information content (AvgIpc) is 2.69. The summed E-state index contributed by atoms with van der Waals surface area (Å²) < 4.78 is 5.40. The maximum absolute atomic E-state index is 12.3. The van der Waals surface area contributed by atoms with Crippen LogP contribution in [-0.2, 0) is 9.53 Å². The molecule has 0 N–H and O–H groups in total. The molecule has 1 saturated heterocycles. The molecular formula is C15H26ClNO3. The van der Waals surface area contributed by atoms with Gasteiger partial charge in [-0.1, -0.05) is 20.8 Å². The van der Waals surface area contributed by atoms with Gasteiger partial charge in [0.15, 0.2) is 5.78 Å². The normalized spacial score (nSPS) is 23.9. The van der Waals surface area contributed by atoms with Crippen LogP contribution in [0.25, 0.3) is 0 Å². The van der Waals surface area contributed by atoms with E-state index in [0.717, 1.165) is 0 Å². The van der Waals surface area contributed by atoms with Crippen LogP contribution in [0.15, 0.2) is 0 Å². The lowest BCUT2D eigenvalue weighted by Crippen LogP contribution is -2.44. The third kappa shape index (κ3) is 4.37. The van der Waals surface area contributed by atoms with Gasteiger partial charge in [-0.3, -0.25) is 9.69 Å². The van der Waals surface area contributed by atoms with E-state index < -0.39 is 17.7 Å².